The molecule has 0 spiro atoms. The quantitative estimate of drug-likeness (QED) is 0.718. The van der Waals surface area contributed by atoms with Gasteiger partial charge in [-0.1, -0.05) is 0 Å². The fraction of sp³-hybridized carbons (Fsp3) is 0.611. The van der Waals surface area contributed by atoms with Gasteiger partial charge in [0.1, 0.15) is 5.82 Å². The molecule has 2 fully saturated rings. The number of nitrogens with one attached hydrogen (secondary N) is 1. The Morgan fingerprint density at radius 3 is 2.21 bits per heavy atom. The van der Waals surface area contributed by atoms with Crippen molar-refractivity contribution in [1.29, 1.82) is 0 Å². The van der Waals surface area contributed by atoms with E-state index < -0.39 is 25.9 Å². The molecule has 8 nitrogen and oxygen atoms in total. The van der Waals surface area contributed by atoms with E-state index in [0.717, 1.165) is 24.8 Å². The number of carbonyl (C=O) groups is 1. The van der Waals surface area contributed by atoms with Crippen LogP contribution in [0.5, 0.6) is 0 Å². The molecule has 11 heteroatoms. The zero-order valence-electron chi connectivity index (χ0n) is 16.3. The predicted molar refractivity (Wildman–Crippen MR) is 105 cm³/mol. The van der Waals surface area contributed by atoms with E-state index >= 15 is 0 Å². The third kappa shape index (κ3) is 5.33. The number of carbonyl (C=O) groups excluding carboxylic acids is 1. The summed E-state index contributed by atoms with van der Waals surface area (Å²) in [4.78, 5) is 12.6. The Bertz CT molecular complexity index is 942. The Balaban J connectivity index is 1.55. The van der Waals surface area contributed by atoms with Gasteiger partial charge in [0.2, 0.25) is 26.0 Å². The number of benzene rings is 1. The lowest BCUT2D eigenvalue weighted by Crippen LogP contribution is -2.51. The number of nitrogens with zero attached hydrogens (tertiary/aromatic N) is 2. The van der Waals surface area contributed by atoms with E-state index in [-0.39, 0.29) is 42.4 Å². The molecule has 3 rings (SSSR count). The Morgan fingerprint density at radius 2 is 1.62 bits per heavy atom. The molecule has 1 N–H and O–H groups in total. The maximum Gasteiger partial charge on any atom is 0.243 e. The molecule has 0 bridgehead atoms. The summed E-state index contributed by atoms with van der Waals surface area (Å²) in [5.74, 6) is -0.982. The van der Waals surface area contributed by atoms with Gasteiger partial charge in [0, 0.05) is 38.1 Å². The fourth-order valence-corrected chi connectivity index (χ4v) is 6.18. The average Bonchev–Trinajstić information content (AvgIpc) is 2.68. The second kappa shape index (κ2) is 8.66. The standard InChI is InChI=1S/C18H26FN3O5S2/c1-28(24,25)22-10-2-3-16(13-22)20-18(23)14-8-11-21(12-9-14)29(26,27)17-6-4-15(19)5-7-17/h4-7,14,16H,2-3,8-13H2,1H3,(H,20,23). The van der Waals surface area contributed by atoms with Crippen LogP contribution in [0.3, 0.4) is 0 Å². The zero-order valence-corrected chi connectivity index (χ0v) is 17.9. The lowest BCUT2D eigenvalue weighted by atomic mass is 9.96. The Morgan fingerprint density at radius 1 is 1.00 bits per heavy atom. The van der Waals surface area contributed by atoms with Crippen LogP contribution >= 0.6 is 0 Å². The zero-order chi connectivity index (χ0) is 21.2. The summed E-state index contributed by atoms with van der Waals surface area (Å²) < 4.78 is 64.5. The first kappa shape index (κ1) is 22.1. The maximum atomic E-state index is 13.0. The van der Waals surface area contributed by atoms with Crippen LogP contribution in [-0.4, -0.2) is 69.8 Å². The van der Waals surface area contributed by atoms with Crippen LogP contribution in [0.2, 0.25) is 0 Å². The number of rotatable bonds is 5. The fourth-order valence-electron chi connectivity index (χ4n) is 3.79. The third-order valence-electron chi connectivity index (χ3n) is 5.48. The number of piperidine rings is 2. The summed E-state index contributed by atoms with van der Waals surface area (Å²) in [6, 6.07) is 4.46. The van der Waals surface area contributed by atoms with Crippen molar-refractivity contribution in [3.8, 4) is 0 Å². The van der Waals surface area contributed by atoms with Gasteiger partial charge < -0.3 is 5.32 Å². The Kier molecular flexibility index (Phi) is 6.61. The number of hydrogen-bond donors (Lipinski definition) is 1. The monoisotopic (exact) mass is 447 g/mol. The van der Waals surface area contributed by atoms with Crippen molar-refractivity contribution in [1.82, 2.24) is 13.9 Å². The molecule has 1 atom stereocenters. The smallest absolute Gasteiger partial charge is 0.243 e. The molecule has 0 aliphatic carbocycles. The summed E-state index contributed by atoms with van der Waals surface area (Å²) in [6.07, 6.45) is 3.33. The molecule has 2 heterocycles. The van der Waals surface area contributed by atoms with E-state index in [2.05, 4.69) is 5.32 Å². The summed E-state index contributed by atoms with van der Waals surface area (Å²) in [5, 5.41) is 2.93. The number of halogens is 1. The summed E-state index contributed by atoms with van der Waals surface area (Å²) in [7, 11) is -7.00. The first-order chi connectivity index (χ1) is 13.6. The van der Waals surface area contributed by atoms with Crippen LogP contribution in [0.1, 0.15) is 25.7 Å². The molecule has 0 aromatic heterocycles. The van der Waals surface area contributed by atoms with Gasteiger partial charge in [-0.25, -0.2) is 25.5 Å². The van der Waals surface area contributed by atoms with E-state index in [0.29, 0.717) is 25.8 Å². The largest absolute Gasteiger partial charge is 0.352 e. The number of sulfonamides is 2. The minimum Gasteiger partial charge on any atom is -0.352 e. The summed E-state index contributed by atoms with van der Waals surface area (Å²) in [5.41, 5.74) is 0. The van der Waals surface area contributed by atoms with Gasteiger partial charge in [0.05, 0.1) is 11.2 Å². The van der Waals surface area contributed by atoms with Gasteiger partial charge in [0.25, 0.3) is 0 Å². The Hall–Kier alpha value is -1.56. The lowest BCUT2D eigenvalue weighted by molar-refractivity contribution is -0.127. The third-order valence-corrected chi connectivity index (χ3v) is 8.66. The molecule has 2 aliphatic rings. The maximum absolute atomic E-state index is 13.0. The van der Waals surface area contributed by atoms with Crippen LogP contribution in [0.15, 0.2) is 29.2 Å². The van der Waals surface area contributed by atoms with Crippen LogP contribution < -0.4 is 5.32 Å². The molecule has 29 heavy (non-hydrogen) atoms. The number of amides is 1. The number of hydrogen-bond acceptors (Lipinski definition) is 5. The molecular weight excluding hydrogens is 421 g/mol. The molecule has 1 amide bonds. The summed E-state index contributed by atoms with van der Waals surface area (Å²) in [6.45, 7) is 1.14. The van der Waals surface area contributed by atoms with Gasteiger partial charge >= 0.3 is 0 Å². The summed E-state index contributed by atoms with van der Waals surface area (Å²) >= 11 is 0. The molecule has 1 aromatic rings. The van der Waals surface area contributed by atoms with E-state index in [1.807, 2.05) is 0 Å². The van der Waals surface area contributed by atoms with Crippen molar-refractivity contribution in [3.63, 3.8) is 0 Å². The molecule has 1 unspecified atom stereocenters. The molecule has 162 valence electrons. The van der Waals surface area contributed by atoms with Crippen molar-refractivity contribution in [2.75, 3.05) is 32.4 Å². The van der Waals surface area contributed by atoms with Gasteiger partial charge in [0.15, 0.2) is 0 Å². The van der Waals surface area contributed by atoms with E-state index in [4.69, 9.17) is 0 Å². The van der Waals surface area contributed by atoms with Crippen molar-refractivity contribution >= 4 is 26.0 Å². The molecule has 1 aromatic carbocycles. The van der Waals surface area contributed by atoms with Crippen molar-refractivity contribution in [2.24, 2.45) is 5.92 Å². The Labute approximate surface area is 171 Å². The van der Waals surface area contributed by atoms with Crippen molar-refractivity contribution in [2.45, 2.75) is 36.6 Å². The van der Waals surface area contributed by atoms with Crippen molar-refractivity contribution < 1.29 is 26.0 Å². The second-order valence-corrected chi connectivity index (χ2v) is 11.5. The predicted octanol–water partition coefficient (Wildman–Crippen LogP) is 0.767. The first-order valence-electron chi connectivity index (χ1n) is 9.58. The molecule has 0 saturated carbocycles. The first-order valence-corrected chi connectivity index (χ1v) is 12.9. The van der Waals surface area contributed by atoms with E-state index in [1.165, 1.54) is 20.7 Å². The normalized spacial score (nSPS) is 23.0. The van der Waals surface area contributed by atoms with E-state index in [1.54, 1.807) is 0 Å². The van der Waals surface area contributed by atoms with Crippen molar-refractivity contribution in [3.05, 3.63) is 30.1 Å². The van der Waals surface area contributed by atoms with E-state index in [9.17, 15) is 26.0 Å². The molecule has 2 aliphatic heterocycles. The van der Waals surface area contributed by atoms with Crippen LogP contribution in [-0.2, 0) is 24.8 Å². The molecule has 0 radical (unpaired) electrons. The lowest BCUT2D eigenvalue weighted by Gasteiger charge is -2.34. The van der Waals surface area contributed by atoms with Gasteiger partial charge in [-0.15, -0.1) is 0 Å². The minimum atomic E-state index is -3.72. The molecule has 2 saturated heterocycles. The van der Waals surface area contributed by atoms with Crippen LogP contribution in [0.25, 0.3) is 0 Å². The average molecular weight is 448 g/mol. The SMILES string of the molecule is CS(=O)(=O)N1CCCC(NC(=O)C2CCN(S(=O)(=O)c3ccc(F)cc3)CC2)C1. The topological polar surface area (TPSA) is 104 Å². The highest BCUT2D eigenvalue weighted by Gasteiger charge is 2.34. The highest BCUT2D eigenvalue weighted by Crippen LogP contribution is 2.24. The highest BCUT2D eigenvalue weighted by molar-refractivity contribution is 7.89. The highest BCUT2D eigenvalue weighted by atomic mass is 32.2. The second-order valence-electron chi connectivity index (χ2n) is 7.60. The van der Waals surface area contributed by atoms with Crippen LogP contribution in [0.4, 0.5) is 4.39 Å². The van der Waals surface area contributed by atoms with Gasteiger partial charge in [-0.2, -0.15) is 4.31 Å². The minimum absolute atomic E-state index is 0.0323. The van der Waals surface area contributed by atoms with Crippen LogP contribution in [0, 0.1) is 11.7 Å². The molecular formula is C18H26FN3O5S2. The van der Waals surface area contributed by atoms with Gasteiger partial charge in [-0.05, 0) is 49.9 Å². The van der Waals surface area contributed by atoms with Gasteiger partial charge in [-0.3, -0.25) is 4.79 Å².